The Bertz CT molecular complexity index is 725. The number of carbonyl (C=O) groups is 1. The number of amides is 1. The molecule has 1 saturated heterocycles. The molecule has 0 bridgehead atoms. The van der Waals surface area contributed by atoms with E-state index in [1.165, 1.54) is 0 Å². The molecule has 2 aromatic rings. The number of carbonyl (C=O) groups excluding carboxylic acids is 1. The summed E-state index contributed by atoms with van der Waals surface area (Å²) < 4.78 is 6.75. The van der Waals surface area contributed by atoms with Gasteiger partial charge in [-0.15, -0.1) is 5.10 Å². The summed E-state index contributed by atoms with van der Waals surface area (Å²) in [5.74, 6) is 0.704. The number of hydrogen-bond donors (Lipinski definition) is 0. The molecule has 0 aliphatic carbocycles. The van der Waals surface area contributed by atoms with Gasteiger partial charge in [-0.05, 0) is 51.7 Å². The fraction of sp³-hybridized carbons (Fsp3) is 0.471. The van der Waals surface area contributed by atoms with Gasteiger partial charge in [0, 0.05) is 18.6 Å². The van der Waals surface area contributed by atoms with Gasteiger partial charge in [-0.25, -0.2) is 4.68 Å². The highest BCUT2D eigenvalue weighted by Gasteiger charge is 2.38. The maximum Gasteiger partial charge on any atom is 0.276 e. The first-order valence-corrected chi connectivity index (χ1v) is 7.96. The summed E-state index contributed by atoms with van der Waals surface area (Å²) in [6.07, 6.45) is 2.63. The van der Waals surface area contributed by atoms with Gasteiger partial charge in [0.15, 0.2) is 5.69 Å². The minimum atomic E-state index is -0.0691. The Morgan fingerprint density at radius 3 is 2.58 bits per heavy atom. The monoisotopic (exact) mass is 329 g/mol. The summed E-state index contributed by atoms with van der Waals surface area (Å²) >= 11 is 0. The van der Waals surface area contributed by atoms with E-state index in [9.17, 15) is 4.79 Å². The van der Waals surface area contributed by atoms with Crippen LogP contribution in [-0.2, 0) is 0 Å². The van der Waals surface area contributed by atoms with Gasteiger partial charge in [0.1, 0.15) is 5.75 Å². The minimum absolute atomic E-state index is 0.0155. The van der Waals surface area contributed by atoms with Crippen molar-refractivity contribution in [3.8, 4) is 11.4 Å². The zero-order chi connectivity index (χ0) is 17.3. The smallest absolute Gasteiger partial charge is 0.276 e. The summed E-state index contributed by atoms with van der Waals surface area (Å²) in [6.45, 7) is 3.62. The van der Waals surface area contributed by atoms with Crippen LogP contribution in [0.25, 0.3) is 5.69 Å². The SMILES string of the molecule is COc1ccc(-n2cc(C(=O)N3CCC(C)(N(C)C)C3)nn2)cc1. The van der Waals surface area contributed by atoms with E-state index in [2.05, 4.69) is 22.1 Å². The number of benzene rings is 1. The first kappa shape index (κ1) is 16.4. The highest BCUT2D eigenvalue weighted by Crippen LogP contribution is 2.26. The number of hydrogen-bond acceptors (Lipinski definition) is 5. The third-order valence-corrected chi connectivity index (χ3v) is 4.87. The number of aromatic nitrogens is 3. The van der Waals surface area contributed by atoms with Crippen molar-refractivity contribution in [2.75, 3.05) is 34.3 Å². The molecule has 2 heterocycles. The van der Waals surface area contributed by atoms with Crippen LogP contribution < -0.4 is 4.74 Å². The first-order valence-electron chi connectivity index (χ1n) is 7.96. The molecule has 1 aliphatic heterocycles. The quantitative estimate of drug-likeness (QED) is 0.849. The number of rotatable bonds is 4. The molecule has 7 nitrogen and oxygen atoms in total. The van der Waals surface area contributed by atoms with E-state index < -0.39 is 0 Å². The number of methoxy groups -OCH3 is 1. The van der Waals surface area contributed by atoms with E-state index >= 15 is 0 Å². The van der Waals surface area contributed by atoms with Gasteiger partial charge in [0.05, 0.1) is 19.0 Å². The van der Waals surface area contributed by atoms with Gasteiger partial charge < -0.3 is 14.5 Å². The van der Waals surface area contributed by atoms with Crippen molar-refractivity contribution in [3.63, 3.8) is 0 Å². The normalized spacial score (nSPS) is 20.6. The van der Waals surface area contributed by atoms with Crippen molar-refractivity contribution in [2.24, 2.45) is 0 Å². The van der Waals surface area contributed by atoms with Gasteiger partial charge in [0.2, 0.25) is 0 Å². The maximum atomic E-state index is 12.7. The Morgan fingerprint density at radius 1 is 1.29 bits per heavy atom. The fourth-order valence-corrected chi connectivity index (χ4v) is 2.87. The molecule has 1 aromatic carbocycles. The van der Waals surface area contributed by atoms with Crippen LogP contribution in [0, 0.1) is 0 Å². The highest BCUT2D eigenvalue weighted by atomic mass is 16.5. The average Bonchev–Trinajstić information content (AvgIpc) is 3.22. The molecule has 3 rings (SSSR count). The molecule has 1 atom stereocenters. The molecule has 1 fully saturated rings. The zero-order valence-electron chi connectivity index (χ0n) is 14.6. The minimum Gasteiger partial charge on any atom is -0.497 e. The molecule has 0 saturated carbocycles. The highest BCUT2D eigenvalue weighted by molar-refractivity contribution is 5.92. The van der Waals surface area contributed by atoms with Crippen LogP contribution in [0.15, 0.2) is 30.5 Å². The molecular formula is C17H23N5O2. The molecular weight excluding hydrogens is 306 g/mol. The predicted octanol–water partition coefficient (Wildman–Crippen LogP) is 1.44. The molecule has 128 valence electrons. The third kappa shape index (κ3) is 2.99. The van der Waals surface area contributed by atoms with Crippen LogP contribution in [0.4, 0.5) is 0 Å². The van der Waals surface area contributed by atoms with E-state index in [1.807, 2.05) is 43.3 Å². The van der Waals surface area contributed by atoms with Crippen molar-refractivity contribution in [2.45, 2.75) is 18.9 Å². The van der Waals surface area contributed by atoms with Crippen LogP contribution in [0.1, 0.15) is 23.8 Å². The second-order valence-electron chi connectivity index (χ2n) is 6.61. The summed E-state index contributed by atoms with van der Waals surface area (Å²) in [5, 5.41) is 8.12. The number of ether oxygens (including phenoxy) is 1. The van der Waals surface area contributed by atoms with Crippen molar-refractivity contribution in [1.82, 2.24) is 24.8 Å². The van der Waals surface area contributed by atoms with Crippen LogP contribution in [0.5, 0.6) is 5.75 Å². The van der Waals surface area contributed by atoms with E-state index in [0.717, 1.165) is 24.4 Å². The van der Waals surface area contributed by atoms with E-state index in [0.29, 0.717) is 12.2 Å². The maximum absolute atomic E-state index is 12.7. The molecule has 1 aliphatic rings. The standard InChI is InChI=1S/C17H23N5O2/c1-17(20(2)3)9-10-21(12-17)16(23)15-11-22(19-18-15)13-5-7-14(24-4)8-6-13/h5-8,11H,9-10,12H2,1-4H3. The first-order chi connectivity index (χ1) is 11.4. The second kappa shape index (κ2) is 6.24. The predicted molar refractivity (Wildman–Crippen MR) is 90.5 cm³/mol. The average molecular weight is 329 g/mol. The fourth-order valence-electron chi connectivity index (χ4n) is 2.87. The Hall–Kier alpha value is -2.41. The molecule has 0 spiro atoms. The Balaban J connectivity index is 1.74. The van der Waals surface area contributed by atoms with E-state index in [1.54, 1.807) is 18.0 Å². The number of nitrogens with zero attached hydrogens (tertiary/aromatic N) is 5. The lowest BCUT2D eigenvalue weighted by atomic mass is 10.0. The lowest BCUT2D eigenvalue weighted by Gasteiger charge is -2.31. The van der Waals surface area contributed by atoms with Crippen molar-refractivity contribution in [1.29, 1.82) is 0 Å². The molecule has 1 aromatic heterocycles. The Labute approximate surface area is 141 Å². The van der Waals surface area contributed by atoms with Crippen LogP contribution in [0.2, 0.25) is 0 Å². The van der Waals surface area contributed by atoms with Crippen LogP contribution >= 0.6 is 0 Å². The van der Waals surface area contributed by atoms with Gasteiger partial charge >= 0.3 is 0 Å². The zero-order valence-corrected chi connectivity index (χ0v) is 14.6. The summed E-state index contributed by atoms with van der Waals surface area (Å²) in [6, 6.07) is 7.45. The summed E-state index contributed by atoms with van der Waals surface area (Å²) in [4.78, 5) is 16.7. The number of likely N-dealkylation sites (tertiary alicyclic amines) is 1. The topological polar surface area (TPSA) is 63.5 Å². The number of likely N-dealkylation sites (N-methyl/N-ethyl adjacent to an activating group) is 1. The Kier molecular flexibility index (Phi) is 4.28. The van der Waals surface area contributed by atoms with E-state index in [-0.39, 0.29) is 11.4 Å². The third-order valence-electron chi connectivity index (χ3n) is 4.87. The van der Waals surface area contributed by atoms with Crippen LogP contribution in [0.3, 0.4) is 0 Å². The van der Waals surface area contributed by atoms with E-state index in [4.69, 9.17) is 4.74 Å². The van der Waals surface area contributed by atoms with Crippen molar-refractivity contribution >= 4 is 5.91 Å². The Morgan fingerprint density at radius 2 is 2.00 bits per heavy atom. The molecule has 0 radical (unpaired) electrons. The lowest BCUT2D eigenvalue weighted by Crippen LogP contribution is -2.44. The molecule has 24 heavy (non-hydrogen) atoms. The molecule has 1 amide bonds. The second-order valence-corrected chi connectivity index (χ2v) is 6.61. The van der Waals surface area contributed by atoms with Gasteiger partial charge in [-0.1, -0.05) is 5.21 Å². The molecule has 0 N–H and O–H groups in total. The van der Waals surface area contributed by atoms with Gasteiger partial charge in [0.25, 0.3) is 5.91 Å². The van der Waals surface area contributed by atoms with Gasteiger partial charge in [-0.2, -0.15) is 0 Å². The van der Waals surface area contributed by atoms with Crippen molar-refractivity contribution in [3.05, 3.63) is 36.2 Å². The van der Waals surface area contributed by atoms with Crippen molar-refractivity contribution < 1.29 is 9.53 Å². The van der Waals surface area contributed by atoms with Gasteiger partial charge in [-0.3, -0.25) is 4.79 Å². The summed E-state index contributed by atoms with van der Waals surface area (Å²) in [5.41, 5.74) is 1.22. The molecule has 7 heteroatoms. The largest absolute Gasteiger partial charge is 0.497 e. The summed E-state index contributed by atoms with van der Waals surface area (Å²) in [7, 11) is 5.72. The molecule has 1 unspecified atom stereocenters. The van der Waals surface area contributed by atoms with Crippen LogP contribution in [-0.4, -0.2) is 70.5 Å². The lowest BCUT2D eigenvalue weighted by molar-refractivity contribution is 0.0754.